The summed E-state index contributed by atoms with van der Waals surface area (Å²) in [5.74, 6) is -1.73. The first-order valence-electron chi connectivity index (χ1n) is 7.44. The highest BCUT2D eigenvalue weighted by Crippen LogP contribution is 2.28. The van der Waals surface area contributed by atoms with Gasteiger partial charge in [0.05, 0.1) is 7.11 Å². The van der Waals surface area contributed by atoms with E-state index < -0.39 is 11.9 Å². The van der Waals surface area contributed by atoms with Crippen molar-refractivity contribution in [2.75, 3.05) is 7.11 Å². The first kappa shape index (κ1) is 15.2. The Balaban J connectivity index is 2.22. The Hall–Kier alpha value is -2.75. The average Bonchev–Trinajstić information content (AvgIpc) is 2.59. The van der Waals surface area contributed by atoms with Crippen LogP contribution in [0.3, 0.4) is 0 Å². The number of ether oxygens (including phenoxy) is 1. The molecule has 0 amide bonds. The number of pyridine rings is 1. The zero-order valence-corrected chi connectivity index (χ0v) is 13.3. The predicted octanol–water partition coefficient (Wildman–Crippen LogP) is 3.69. The molecule has 116 valence electrons. The summed E-state index contributed by atoms with van der Waals surface area (Å²) in [4.78, 5) is 28.5. The summed E-state index contributed by atoms with van der Waals surface area (Å²) in [6.07, 6.45) is 0. The molecular weight excluding hydrogens is 290 g/mol. The van der Waals surface area contributed by atoms with Crippen molar-refractivity contribution in [3.63, 3.8) is 0 Å². The van der Waals surface area contributed by atoms with Crippen LogP contribution >= 0.6 is 0 Å². The lowest BCUT2D eigenvalue weighted by Gasteiger charge is -2.11. The third-order valence-electron chi connectivity index (χ3n) is 4.13. The van der Waals surface area contributed by atoms with E-state index in [4.69, 9.17) is 0 Å². The van der Waals surface area contributed by atoms with Gasteiger partial charge in [0.1, 0.15) is 11.6 Å². The Bertz CT molecular complexity index is 930. The van der Waals surface area contributed by atoms with E-state index in [1.54, 1.807) is 13.0 Å². The van der Waals surface area contributed by atoms with Crippen molar-refractivity contribution in [3.05, 3.63) is 53.9 Å². The van der Waals surface area contributed by atoms with Gasteiger partial charge in [-0.15, -0.1) is 0 Å². The number of rotatable bonds is 3. The smallest absolute Gasteiger partial charge is 0.316 e. The number of methoxy groups -OCH3 is 1. The number of esters is 1. The standard InChI is InChI=1S/C19H17NO3/c1-11(19(22)23-3)18(21)17-10-16-14(12(2)20-17)9-8-13-6-4-5-7-15(13)16/h4-11H,1-3H3/t11-/m0/s1. The van der Waals surface area contributed by atoms with Gasteiger partial charge in [0.2, 0.25) is 0 Å². The largest absolute Gasteiger partial charge is 0.468 e. The molecule has 3 rings (SSSR count). The average molecular weight is 307 g/mol. The third-order valence-corrected chi connectivity index (χ3v) is 4.13. The molecule has 0 bridgehead atoms. The fourth-order valence-corrected chi connectivity index (χ4v) is 2.81. The highest BCUT2D eigenvalue weighted by Gasteiger charge is 2.25. The number of benzene rings is 2. The molecule has 0 aliphatic carbocycles. The second-order valence-corrected chi connectivity index (χ2v) is 5.58. The fraction of sp³-hybridized carbons (Fsp3) is 0.211. The van der Waals surface area contributed by atoms with Crippen molar-refractivity contribution in [2.24, 2.45) is 5.92 Å². The highest BCUT2D eigenvalue weighted by molar-refractivity contribution is 6.13. The lowest BCUT2D eigenvalue weighted by atomic mass is 9.97. The summed E-state index contributed by atoms with van der Waals surface area (Å²) in [5.41, 5.74) is 1.07. The second-order valence-electron chi connectivity index (χ2n) is 5.58. The van der Waals surface area contributed by atoms with Gasteiger partial charge in [-0.05, 0) is 36.1 Å². The number of fused-ring (bicyclic) bond motifs is 3. The van der Waals surface area contributed by atoms with Crippen LogP contribution < -0.4 is 0 Å². The van der Waals surface area contributed by atoms with Crippen molar-refractivity contribution in [3.8, 4) is 0 Å². The van der Waals surface area contributed by atoms with E-state index in [0.717, 1.165) is 27.2 Å². The maximum Gasteiger partial charge on any atom is 0.316 e. The number of carbonyl (C=O) groups excluding carboxylic acids is 2. The van der Waals surface area contributed by atoms with E-state index >= 15 is 0 Å². The summed E-state index contributed by atoms with van der Waals surface area (Å²) >= 11 is 0. The van der Waals surface area contributed by atoms with Gasteiger partial charge < -0.3 is 4.74 Å². The number of ketones is 1. The first-order chi connectivity index (χ1) is 11.0. The van der Waals surface area contributed by atoms with E-state index in [-0.39, 0.29) is 5.78 Å². The number of aromatic nitrogens is 1. The van der Waals surface area contributed by atoms with Crippen LogP contribution in [0, 0.1) is 12.8 Å². The molecule has 4 heteroatoms. The van der Waals surface area contributed by atoms with E-state index in [2.05, 4.69) is 9.72 Å². The molecule has 0 spiro atoms. The molecule has 1 aromatic heterocycles. The van der Waals surface area contributed by atoms with Crippen molar-refractivity contribution in [1.82, 2.24) is 4.98 Å². The Morgan fingerprint density at radius 1 is 1.04 bits per heavy atom. The van der Waals surface area contributed by atoms with Crippen LogP contribution in [0.1, 0.15) is 23.1 Å². The summed E-state index contributed by atoms with van der Waals surface area (Å²) in [7, 11) is 1.28. The molecule has 0 unspecified atom stereocenters. The predicted molar refractivity (Wildman–Crippen MR) is 89.5 cm³/mol. The van der Waals surface area contributed by atoms with Crippen LogP contribution in [0.2, 0.25) is 0 Å². The van der Waals surface area contributed by atoms with E-state index in [9.17, 15) is 9.59 Å². The summed E-state index contributed by atoms with van der Waals surface area (Å²) in [6, 6.07) is 13.8. The zero-order valence-electron chi connectivity index (χ0n) is 13.3. The Morgan fingerprint density at radius 2 is 1.78 bits per heavy atom. The van der Waals surface area contributed by atoms with Gasteiger partial charge in [-0.1, -0.05) is 36.4 Å². The highest BCUT2D eigenvalue weighted by atomic mass is 16.5. The number of aryl methyl sites for hydroxylation is 1. The van der Waals surface area contributed by atoms with E-state index in [1.807, 2.05) is 43.3 Å². The maximum atomic E-state index is 12.5. The van der Waals surface area contributed by atoms with Crippen molar-refractivity contribution >= 4 is 33.3 Å². The van der Waals surface area contributed by atoms with Gasteiger partial charge in [-0.25, -0.2) is 4.98 Å². The summed E-state index contributed by atoms with van der Waals surface area (Å²) in [6.45, 7) is 3.41. The maximum absolute atomic E-state index is 12.5. The molecule has 0 aliphatic heterocycles. The number of hydrogen-bond donors (Lipinski definition) is 0. The zero-order chi connectivity index (χ0) is 16.6. The molecule has 3 aromatic rings. The van der Waals surface area contributed by atoms with Gasteiger partial charge >= 0.3 is 5.97 Å². The minimum absolute atomic E-state index is 0.296. The molecule has 1 heterocycles. The Kier molecular flexibility index (Phi) is 3.82. The van der Waals surface area contributed by atoms with Crippen molar-refractivity contribution in [2.45, 2.75) is 13.8 Å². The second kappa shape index (κ2) is 5.80. The molecule has 0 radical (unpaired) electrons. The molecule has 0 saturated carbocycles. The molecule has 4 nitrogen and oxygen atoms in total. The molecule has 1 atom stereocenters. The molecule has 0 saturated heterocycles. The van der Waals surface area contributed by atoms with Gasteiger partial charge in [0, 0.05) is 11.1 Å². The quantitative estimate of drug-likeness (QED) is 0.320. The van der Waals surface area contributed by atoms with Crippen LogP contribution in [0.15, 0.2) is 42.5 Å². The molecule has 0 fully saturated rings. The molecule has 23 heavy (non-hydrogen) atoms. The topological polar surface area (TPSA) is 56.3 Å². The minimum Gasteiger partial charge on any atom is -0.468 e. The SMILES string of the molecule is COC(=O)[C@@H](C)C(=O)c1cc2c(ccc3ccccc32)c(C)n1. The van der Waals surface area contributed by atoms with Gasteiger partial charge in [-0.2, -0.15) is 0 Å². The Morgan fingerprint density at radius 3 is 2.52 bits per heavy atom. The number of carbonyl (C=O) groups is 2. The summed E-state index contributed by atoms with van der Waals surface area (Å²) < 4.78 is 4.66. The minimum atomic E-state index is -0.862. The van der Waals surface area contributed by atoms with Crippen molar-refractivity contribution in [1.29, 1.82) is 0 Å². The lowest BCUT2D eigenvalue weighted by molar-refractivity contribution is -0.143. The lowest BCUT2D eigenvalue weighted by Crippen LogP contribution is -2.23. The van der Waals surface area contributed by atoms with Crippen LogP contribution in [0.25, 0.3) is 21.5 Å². The van der Waals surface area contributed by atoms with Crippen LogP contribution in [-0.4, -0.2) is 23.8 Å². The number of Topliss-reactive ketones (excluding diaryl/α,β-unsaturated/α-hetero) is 1. The van der Waals surface area contributed by atoms with E-state index in [0.29, 0.717) is 5.69 Å². The Labute approximate surface area is 134 Å². The monoisotopic (exact) mass is 307 g/mol. The summed E-state index contributed by atoms with van der Waals surface area (Å²) in [5, 5.41) is 4.14. The fourth-order valence-electron chi connectivity index (χ4n) is 2.81. The molecule has 0 N–H and O–H groups in total. The van der Waals surface area contributed by atoms with Crippen molar-refractivity contribution < 1.29 is 14.3 Å². The van der Waals surface area contributed by atoms with E-state index in [1.165, 1.54) is 7.11 Å². The molecule has 0 aliphatic rings. The molecule has 2 aromatic carbocycles. The van der Waals surface area contributed by atoms with Gasteiger partial charge in [0.15, 0.2) is 5.78 Å². The molecular formula is C19H17NO3. The number of hydrogen-bond acceptors (Lipinski definition) is 4. The van der Waals surface area contributed by atoms with Crippen LogP contribution in [-0.2, 0) is 9.53 Å². The first-order valence-corrected chi connectivity index (χ1v) is 7.44. The van der Waals surface area contributed by atoms with Crippen LogP contribution in [0.5, 0.6) is 0 Å². The third kappa shape index (κ3) is 2.57. The number of nitrogens with zero attached hydrogens (tertiary/aromatic N) is 1. The normalized spacial score (nSPS) is 12.3. The van der Waals surface area contributed by atoms with Crippen LogP contribution in [0.4, 0.5) is 0 Å². The van der Waals surface area contributed by atoms with Gasteiger partial charge in [-0.3, -0.25) is 9.59 Å². The van der Waals surface area contributed by atoms with Gasteiger partial charge in [0.25, 0.3) is 0 Å².